The molecule has 26 heavy (non-hydrogen) atoms. The summed E-state index contributed by atoms with van der Waals surface area (Å²) in [6.07, 6.45) is 0. The SMILES string of the molecule is COc1cccc2c1oc(=O)c1nc3c(cc12)COc1ccc(Br)cc1-3. The molecule has 2 aromatic heterocycles. The highest BCUT2D eigenvalue weighted by atomic mass is 79.9. The van der Waals surface area contributed by atoms with Crippen LogP contribution in [-0.2, 0) is 6.61 Å². The van der Waals surface area contributed by atoms with Gasteiger partial charge in [-0.25, -0.2) is 9.78 Å². The third-order valence-corrected chi connectivity index (χ3v) is 5.05. The fraction of sp³-hybridized carbons (Fsp3) is 0.100. The average Bonchev–Trinajstić information content (AvgIpc) is 2.66. The molecule has 0 aliphatic carbocycles. The van der Waals surface area contributed by atoms with Crippen LogP contribution >= 0.6 is 15.9 Å². The predicted molar refractivity (Wildman–Crippen MR) is 102 cm³/mol. The summed E-state index contributed by atoms with van der Waals surface area (Å²) in [5.41, 5.74) is 2.77. The summed E-state index contributed by atoms with van der Waals surface area (Å²) in [5, 5.41) is 1.52. The number of fused-ring (bicyclic) bond motifs is 6. The van der Waals surface area contributed by atoms with Crippen molar-refractivity contribution in [1.82, 2.24) is 4.98 Å². The molecule has 6 heteroatoms. The summed E-state index contributed by atoms with van der Waals surface area (Å²) in [7, 11) is 1.55. The molecular formula is C20H12BrNO4. The zero-order valence-corrected chi connectivity index (χ0v) is 15.3. The molecule has 0 saturated carbocycles. The van der Waals surface area contributed by atoms with Crippen LogP contribution in [-0.4, -0.2) is 12.1 Å². The normalized spacial score (nSPS) is 12.5. The highest BCUT2D eigenvalue weighted by Gasteiger charge is 2.22. The maximum absolute atomic E-state index is 12.6. The number of hydrogen-bond donors (Lipinski definition) is 0. The molecule has 128 valence electrons. The van der Waals surface area contributed by atoms with E-state index in [-0.39, 0.29) is 0 Å². The molecular weight excluding hydrogens is 398 g/mol. The van der Waals surface area contributed by atoms with Gasteiger partial charge in [0.2, 0.25) is 0 Å². The lowest BCUT2D eigenvalue weighted by atomic mass is 10.00. The van der Waals surface area contributed by atoms with Crippen LogP contribution in [0.1, 0.15) is 5.56 Å². The molecule has 0 saturated heterocycles. The number of halogens is 1. The van der Waals surface area contributed by atoms with Crippen molar-refractivity contribution in [2.45, 2.75) is 6.61 Å². The van der Waals surface area contributed by atoms with E-state index in [1.165, 1.54) is 0 Å². The van der Waals surface area contributed by atoms with E-state index in [4.69, 9.17) is 13.9 Å². The van der Waals surface area contributed by atoms with E-state index < -0.39 is 5.63 Å². The monoisotopic (exact) mass is 409 g/mol. The Hall–Kier alpha value is -2.86. The Bertz CT molecular complexity index is 1260. The van der Waals surface area contributed by atoms with Crippen molar-refractivity contribution in [2.24, 2.45) is 0 Å². The van der Waals surface area contributed by atoms with E-state index in [2.05, 4.69) is 20.9 Å². The van der Waals surface area contributed by atoms with Crippen LogP contribution < -0.4 is 15.1 Å². The Labute approximate surface area is 156 Å². The van der Waals surface area contributed by atoms with Crippen LogP contribution in [0.4, 0.5) is 0 Å². The third kappa shape index (κ3) is 2.15. The van der Waals surface area contributed by atoms with Gasteiger partial charge in [0.05, 0.1) is 12.8 Å². The van der Waals surface area contributed by atoms with Gasteiger partial charge in [0, 0.05) is 26.4 Å². The predicted octanol–water partition coefficient (Wildman–Crippen LogP) is 4.67. The van der Waals surface area contributed by atoms with Gasteiger partial charge in [-0.3, -0.25) is 0 Å². The van der Waals surface area contributed by atoms with E-state index in [0.29, 0.717) is 23.5 Å². The summed E-state index contributed by atoms with van der Waals surface area (Å²) in [6.45, 7) is 0.401. The number of para-hydroxylation sites is 1. The molecule has 1 aliphatic heterocycles. The van der Waals surface area contributed by atoms with Crippen LogP contribution in [0.25, 0.3) is 33.1 Å². The Morgan fingerprint density at radius 1 is 1.15 bits per heavy atom. The molecule has 0 radical (unpaired) electrons. The molecule has 5 rings (SSSR count). The van der Waals surface area contributed by atoms with Crippen molar-refractivity contribution in [1.29, 1.82) is 0 Å². The first-order chi connectivity index (χ1) is 12.7. The van der Waals surface area contributed by atoms with Crippen molar-refractivity contribution >= 4 is 37.8 Å². The van der Waals surface area contributed by atoms with E-state index >= 15 is 0 Å². The summed E-state index contributed by atoms with van der Waals surface area (Å²) >= 11 is 3.48. The first-order valence-electron chi connectivity index (χ1n) is 8.02. The minimum atomic E-state index is -0.483. The Balaban J connectivity index is 1.90. The number of pyridine rings is 1. The van der Waals surface area contributed by atoms with Gasteiger partial charge < -0.3 is 13.9 Å². The zero-order valence-electron chi connectivity index (χ0n) is 13.7. The fourth-order valence-electron chi connectivity index (χ4n) is 3.36. The number of nitrogens with zero attached hydrogens (tertiary/aromatic N) is 1. The molecule has 1 aliphatic rings. The second-order valence-corrected chi connectivity index (χ2v) is 6.96. The maximum atomic E-state index is 12.6. The van der Waals surface area contributed by atoms with Gasteiger partial charge in [0.15, 0.2) is 16.8 Å². The average molecular weight is 410 g/mol. The number of benzene rings is 2. The summed E-state index contributed by atoms with van der Waals surface area (Å²) in [5.74, 6) is 1.27. The summed E-state index contributed by atoms with van der Waals surface area (Å²) < 4.78 is 17.6. The van der Waals surface area contributed by atoms with Gasteiger partial charge in [-0.1, -0.05) is 28.1 Å². The Kier molecular flexibility index (Phi) is 3.30. The molecule has 0 bridgehead atoms. The van der Waals surface area contributed by atoms with Crippen LogP contribution in [0, 0.1) is 0 Å². The second-order valence-electron chi connectivity index (χ2n) is 6.05. The third-order valence-electron chi connectivity index (χ3n) is 4.56. The number of methoxy groups -OCH3 is 1. The molecule has 0 fully saturated rings. The van der Waals surface area contributed by atoms with Gasteiger partial charge in [0.1, 0.15) is 12.4 Å². The van der Waals surface area contributed by atoms with Crippen molar-refractivity contribution in [3.63, 3.8) is 0 Å². The lowest BCUT2D eigenvalue weighted by Crippen LogP contribution is -2.10. The van der Waals surface area contributed by atoms with Crippen molar-refractivity contribution in [3.05, 3.63) is 62.9 Å². The van der Waals surface area contributed by atoms with Gasteiger partial charge >= 0.3 is 5.63 Å². The van der Waals surface area contributed by atoms with Crippen LogP contribution in [0.15, 0.2) is 56.1 Å². The van der Waals surface area contributed by atoms with E-state index in [1.54, 1.807) is 13.2 Å². The Morgan fingerprint density at radius 3 is 2.88 bits per heavy atom. The molecule has 0 unspecified atom stereocenters. The topological polar surface area (TPSA) is 61.6 Å². The van der Waals surface area contributed by atoms with Crippen molar-refractivity contribution in [2.75, 3.05) is 7.11 Å². The first kappa shape index (κ1) is 15.4. The second kappa shape index (κ2) is 5.57. The number of hydrogen-bond acceptors (Lipinski definition) is 5. The molecule has 0 spiro atoms. The smallest absolute Gasteiger partial charge is 0.363 e. The molecule has 0 atom stereocenters. The molecule has 4 aromatic rings. The largest absolute Gasteiger partial charge is 0.493 e. The quantitative estimate of drug-likeness (QED) is 0.337. The highest BCUT2D eigenvalue weighted by Crippen LogP contribution is 2.40. The fourth-order valence-corrected chi connectivity index (χ4v) is 3.72. The lowest BCUT2D eigenvalue weighted by Gasteiger charge is -2.20. The van der Waals surface area contributed by atoms with Gasteiger partial charge in [0.25, 0.3) is 0 Å². The number of ether oxygens (including phenoxy) is 2. The van der Waals surface area contributed by atoms with E-state index in [1.807, 2.05) is 36.4 Å². The lowest BCUT2D eigenvalue weighted by molar-refractivity contribution is 0.301. The summed E-state index contributed by atoms with van der Waals surface area (Å²) in [4.78, 5) is 17.3. The van der Waals surface area contributed by atoms with Gasteiger partial charge in [-0.15, -0.1) is 0 Å². The molecule has 2 aromatic carbocycles. The molecule has 0 N–H and O–H groups in total. The van der Waals surface area contributed by atoms with Gasteiger partial charge in [-0.2, -0.15) is 0 Å². The summed E-state index contributed by atoms with van der Waals surface area (Å²) in [6, 6.07) is 13.2. The maximum Gasteiger partial charge on any atom is 0.363 e. The van der Waals surface area contributed by atoms with Crippen LogP contribution in [0.3, 0.4) is 0 Å². The molecule has 0 amide bonds. The highest BCUT2D eigenvalue weighted by molar-refractivity contribution is 9.10. The van der Waals surface area contributed by atoms with Crippen molar-refractivity contribution in [3.8, 4) is 22.8 Å². The number of aromatic nitrogens is 1. The molecule has 5 nitrogen and oxygen atoms in total. The minimum absolute atomic E-state index is 0.303. The first-order valence-corrected chi connectivity index (χ1v) is 8.81. The minimum Gasteiger partial charge on any atom is -0.493 e. The van der Waals surface area contributed by atoms with E-state index in [9.17, 15) is 4.79 Å². The van der Waals surface area contributed by atoms with Crippen LogP contribution in [0.2, 0.25) is 0 Å². The zero-order chi connectivity index (χ0) is 17.8. The van der Waals surface area contributed by atoms with E-state index in [0.717, 1.165) is 37.8 Å². The molecule has 3 heterocycles. The standard InChI is InChI=1S/C20H12BrNO4/c1-24-16-4-2-3-12-13-7-10-9-25-15-6-5-11(21)8-14(15)17(10)22-18(13)20(23)26-19(12)16/h2-8H,9H2,1H3. The van der Waals surface area contributed by atoms with Crippen molar-refractivity contribution < 1.29 is 13.9 Å². The van der Waals surface area contributed by atoms with Gasteiger partial charge in [-0.05, 0) is 30.3 Å². The number of rotatable bonds is 1. The van der Waals surface area contributed by atoms with Crippen LogP contribution in [0.5, 0.6) is 11.5 Å². The Morgan fingerprint density at radius 2 is 2.04 bits per heavy atom.